The minimum atomic E-state index is -3.73. The van der Waals surface area contributed by atoms with Gasteiger partial charge in [-0.1, -0.05) is 0 Å². The molecule has 9 heteroatoms. The van der Waals surface area contributed by atoms with Crippen LogP contribution in [-0.2, 0) is 21.9 Å². The number of aryl methyl sites for hydroxylation is 1. The average Bonchev–Trinajstić information content (AvgIpc) is 2.86. The third-order valence-electron chi connectivity index (χ3n) is 3.20. The number of hydrogen-bond donors (Lipinski definition) is 2. The number of amides is 1. The zero-order chi connectivity index (χ0) is 14.8. The Bertz CT molecular complexity index is 583. The second kappa shape index (κ2) is 5.90. The minimum Gasteiger partial charge on any atom is -0.355 e. The molecule has 2 heterocycles. The maximum absolute atomic E-state index is 12.6. The number of carbonyl (C=O) groups is 1. The molecule has 0 aromatic carbocycles. The maximum atomic E-state index is 12.6. The first-order valence-corrected chi connectivity index (χ1v) is 7.90. The summed E-state index contributed by atoms with van der Waals surface area (Å²) in [6.07, 6.45) is 1.43. The van der Waals surface area contributed by atoms with Crippen LogP contribution in [0.1, 0.15) is 6.92 Å². The van der Waals surface area contributed by atoms with E-state index in [0.29, 0.717) is 19.6 Å². The molecule has 1 aromatic rings. The molecule has 1 amide bonds. The standard InChI is InChI=1S/C11H19N5O3S/c1-3-13-11(17)9-8-12-6-7-16(9)20(18,19)10-4-5-14-15(10)2/h4-5,9,12H,3,6-8H2,1-2H3,(H,13,17). The van der Waals surface area contributed by atoms with Crippen molar-refractivity contribution in [1.82, 2.24) is 24.7 Å². The van der Waals surface area contributed by atoms with E-state index in [4.69, 9.17) is 0 Å². The number of rotatable bonds is 4. The molecule has 1 atom stereocenters. The first-order valence-electron chi connectivity index (χ1n) is 6.46. The Kier molecular flexibility index (Phi) is 4.41. The predicted molar refractivity (Wildman–Crippen MR) is 72.4 cm³/mol. The van der Waals surface area contributed by atoms with Crippen molar-refractivity contribution in [2.24, 2.45) is 7.05 Å². The van der Waals surface area contributed by atoms with Crippen molar-refractivity contribution in [3.8, 4) is 0 Å². The number of nitrogens with zero attached hydrogens (tertiary/aromatic N) is 3. The number of carbonyl (C=O) groups excluding carboxylic acids is 1. The highest BCUT2D eigenvalue weighted by Gasteiger charge is 2.38. The fraction of sp³-hybridized carbons (Fsp3) is 0.636. The first kappa shape index (κ1) is 14.9. The quantitative estimate of drug-likeness (QED) is 0.707. The summed E-state index contributed by atoms with van der Waals surface area (Å²) >= 11 is 0. The highest BCUT2D eigenvalue weighted by Crippen LogP contribution is 2.18. The van der Waals surface area contributed by atoms with Gasteiger partial charge in [-0.3, -0.25) is 9.48 Å². The lowest BCUT2D eigenvalue weighted by Gasteiger charge is -2.33. The van der Waals surface area contributed by atoms with Gasteiger partial charge in [-0.15, -0.1) is 0 Å². The lowest BCUT2D eigenvalue weighted by atomic mass is 10.2. The molecule has 20 heavy (non-hydrogen) atoms. The van der Waals surface area contributed by atoms with Crippen LogP contribution in [0.25, 0.3) is 0 Å². The molecule has 1 aliphatic heterocycles. The van der Waals surface area contributed by atoms with Gasteiger partial charge in [0.15, 0.2) is 5.03 Å². The lowest BCUT2D eigenvalue weighted by molar-refractivity contribution is -0.125. The number of nitrogens with one attached hydrogen (secondary N) is 2. The Morgan fingerprint density at radius 3 is 2.95 bits per heavy atom. The van der Waals surface area contributed by atoms with Gasteiger partial charge in [-0.25, -0.2) is 8.42 Å². The molecule has 112 valence electrons. The van der Waals surface area contributed by atoms with Gasteiger partial charge in [0.25, 0.3) is 10.0 Å². The number of aromatic nitrogens is 2. The van der Waals surface area contributed by atoms with Crippen molar-refractivity contribution in [3.05, 3.63) is 12.3 Å². The van der Waals surface area contributed by atoms with Gasteiger partial charge < -0.3 is 10.6 Å². The molecular formula is C11H19N5O3S. The molecule has 1 fully saturated rings. The Morgan fingerprint density at radius 1 is 1.60 bits per heavy atom. The van der Waals surface area contributed by atoms with Crippen LogP contribution in [0, 0.1) is 0 Å². The van der Waals surface area contributed by atoms with Gasteiger partial charge in [0.1, 0.15) is 6.04 Å². The Labute approximate surface area is 118 Å². The van der Waals surface area contributed by atoms with Gasteiger partial charge in [-0.05, 0) is 13.0 Å². The Morgan fingerprint density at radius 2 is 2.35 bits per heavy atom. The van der Waals surface area contributed by atoms with Gasteiger partial charge in [0, 0.05) is 33.2 Å². The van der Waals surface area contributed by atoms with E-state index in [2.05, 4.69) is 15.7 Å². The van der Waals surface area contributed by atoms with E-state index in [0.717, 1.165) is 0 Å². The molecule has 0 saturated carbocycles. The second-order valence-corrected chi connectivity index (χ2v) is 6.36. The molecular weight excluding hydrogens is 282 g/mol. The van der Waals surface area contributed by atoms with Crippen LogP contribution in [0.2, 0.25) is 0 Å². The summed E-state index contributed by atoms with van der Waals surface area (Å²) in [5.74, 6) is -0.287. The van der Waals surface area contributed by atoms with Crippen molar-refractivity contribution < 1.29 is 13.2 Å². The summed E-state index contributed by atoms with van der Waals surface area (Å²) in [7, 11) is -2.16. The lowest BCUT2D eigenvalue weighted by Crippen LogP contribution is -2.59. The van der Waals surface area contributed by atoms with E-state index < -0.39 is 16.1 Å². The zero-order valence-electron chi connectivity index (χ0n) is 11.5. The van der Waals surface area contributed by atoms with Crippen molar-refractivity contribution in [2.45, 2.75) is 18.0 Å². The van der Waals surface area contributed by atoms with E-state index in [1.807, 2.05) is 0 Å². The smallest absolute Gasteiger partial charge is 0.261 e. The van der Waals surface area contributed by atoms with Crippen LogP contribution >= 0.6 is 0 Å². The Hall–Kier alpha value is -1.45. The summed E-state index contributed by atoms with van der Waals surface area (Å²) in [6.45, 7) is 3.36. The zero-order valence-corrected chi connectivity index (χ0v) is 12.4. The SMILES string of the molecule is CCNC(=O)C1CNCCN1S(=O)(=O)c1ccnn1C. The van der Waals surface area contributed by atoms with Crippen molar-refractivity contribution in [2.75, 3.05) is 26.2 Å². The summed E-state index contributed by atoms with van der Waals surface area (Å²) < 4.78 is 27.8. The molecule has 8 nitrogen and oxygen atoms in total. The first-order chi connectivity index (χ1) is 9.48. The topological polar surface area (TPSA) is 96.3 Å². The molecule has 1 unspecified atom stereocenters. The maximum Gasteiger partial charge on any atom is 0.261 e. The molecule has 0 bridgehead atoms. The number of sulfonamides is 1. The fourth-order valence-electron chi connectivity index (χ4n) is 2.22. The Balaban J connectivity index is 2.32. The molecule has 0 aliphatic carbocycles. The molecule has 1 aliphatic rings. The van der Waals surface area contributed by atoms with Gasteiger partial charge in [0.2, 0.25) is 5.91 Å². The average molecular weight is 301 g/mol. The van der Waals surface area contributed by atoms with Crippen LogP contribution in [0.3, 0.4) is 0 Å². The van der Waals surface area contributed by atoms with Crippen LogP contribution in [0.15, 0.2) is 17.3 Å². The number of piperazine rings is 1. The molecule has 0 spiro atoms. The van der Waals surface area contributed by atoms with E-state index in [-0.39, 0.29) is 17.5 Å². The fourth-order valence-corrected chi connectivity index (χ4v) is 3.91. The number of likely N-dealkylation sites (N-methyl/N-ethyl adjacent to an activating group) is 1. The summed E-state index contributed by atoms with van der Waals surface area (Å²) in [5, 5.41) is 9.69. The molecule has 0 radical (unpaired) electrons. The van der Waals surface area contributed by atoms with Gasteiger partial charge >= 0.3 is 0 Å². The molecule has 1 saturated heterocycles. The van der Waals surface area contributed by atoms with Crippen molar-refractivity contribution in [3.63, 3.8) is 0 Å². The molecule has 2 N–H and O–H groups in total. The predicted octanol–water partition coefficient (Wildman–Crippen LogP) is -1.48. The largest absolute Gasteiger partial charge is 0.355 e. The van der Waals surface area contributed by atoms with E-state index in [1.165, 1.54) is 21.3 Å². The van der Waals surface area contributed by atoms with Crippen molar-refractivity contribution >= 4 is 15.9 Å². The monoisotopic (exact) mass is 301 g/mol. The third kappa shape index (κ3) is 2.69. The van der Waals surface area contributed by atoms with Crippen LogP contribution < -0.4 is 10.6 Å². The molecule has 2 rings (SSSR count). The van der Waals surface area contributed by atoms with E-state index >= 15 is 0 Å². The third-order valence-corrected chi connectivity index (χ3v) is 5.18. The summed E-state index contributed by atoms with van der Waals surface area (Å²) in [6, 6.07) is 0.704. The van der Waals surface area contributed by atoms with Gasteiger partial charge in [-0.2, -0.15) is 9.40 Å². The van der Waals surface area contributed by atoms with Gasteiger partial charge in [0.05, 0.1) is 6.20 Å². The van der Waals surface area contributed by atoms with Crippen LogP contribution in [0.5, 0.6) is 0 Å². The normalized spacial score (nSPS) is 20.8. The van der Waals surface area contributed by atoms with E-state index in [9.17, 15) is 13.2 Å². The van der Waals surface area contributed by atoms with Crippen LogP contribution in [0.4, 0.5) is 0 Å². The highest BCUT2D eigenvalue weighted by atomic mass is 32.2. The second-order valence-electron chi connectivity index (χ2n) is 4.52. The van der Waals surface area contributed by atoms with E-state index in [1.54, 1.807) is 14.0 Å². The van der Waals surface area contributed by atoms with Crippen LogP contribution in [-0.4, -0.2) is 60.6 Å². The summed E-state index contributed by atoms with van der Waals surface area (Å²) in [5.41, 5.74) is 0. The minimum absolute atomic E-state index is 0.0914. The van der Waals surface area contributed by atoms with Crippen molar-refractivity contribution in [1.29, 1.82) is 0 Å². The highest BCUT2D eigenvalue weighted by molar-refractivity contribution is 7.89. The molecule has 1 aromatic heterocycles. The summed E-state index contributed by atoms with van der Waals surface area (Å²) in [4.78, 5) is 12.0. The number of hydrogen-bond acceptors (Lipinski definition) is 5.